The van der Waals surface area contributed by atoms with Crippen LogP contribution in [0.3, 0.4) is 0 Å². The first-order valence-corrected chi connectivity index (χ1v) is 25.9. The fraction of sp³-hybridized carbons (Fsp3) is 0.800. The van der Waals surface area contributed by atoms with E-state index in [1.807, 2.05) is 21.1 Å². The number of allylic oxidation sites excluding steroid dienone is 8. The molecule has 60 heavy (non-hydrogen) atoms. The normalized spacial score (nSPS) is 13.9. The Hall–Kier alpha value is -2.03. The zero-order valence-corrected chi connectivity index (χ0v) is 40.3. The molecule has 0 saturated heterocycles. The highest BCUT2D eigenvalue weighted by molar-refractivity contribution is 7.47. The van der Waals surface area contributed by atoms with Crippen molar-refractivity contribution >= 4 is 19.8 Å². The van der Waals surface area contributed by atoms with Gasteiger partial charge in [0.25, 0.3) is 0 Å². The fourth-order valence-electron chi connectivity index (χ4n) is 6.49. The smallest absolute Gasteiger partial charge is 0.462 e. The maximum Gasteiger partial charge on any atom is 0.472 e. The predicted molar refractivity (Wildman–Crippen MR) is 252 cm³/mol. The number of hydrogen-bond acceptors (Lipinski definition) is 7. The first-order chi connectivity index (χ1) is 29.0. The molecule has 0 aliphatic heterocycles. The number of rotatable bonds is 44. The SMILES string of the molecule is CCCCC/C=C\C/C=C\C/C=C\CCCCC(=O)OC[C@H](COP(=O)(O)OCC[N+](C)(C)C)OC(=O)CCCCCCCCCCCCC/C=C\CCCCCCCC. The molecule has 9 nitrogen and oxygen atoms in total. The van der Waals surface area contributed by atoms with Gasteiger partial charge >= 0.3 is 19.8 Å². The Kier molecular flexibility index (Phi) is 40.8. The molecule has 0 aromatic heterocycles. The molecule has 0 saturated carbocycles. The van der Waals surface area contributed by atoms with E-state index in [2.05, 4.69) is 62.5 Å². The van der Waals surface area contributed by atoms with Gasteiger partial charge in [0.15, 0.2) is 6.10 Å². The Morgan fingerprint density at radius 2 is 0.900 bits per heavy atom. The van der Waals surface area contributed by atoms with Crippen molar-refractivity contribution < 1.29 is 42.1 Å². The van der Waals surface area contributed by atoms with Gasteiger partial charge in [0.1, 0.15) is 19.8 Å². The quantitative estimate of drug-likeness (QED) is 0.0212. The van der Waals surface area contributed by atoms with Gasteiger partial charge in [0.05, 0.1) is 27.7 Å². The highest BCUT2D eigenvalue weighted by atomic mass is 31.2. The monoisotopic (exact) mass is 867 g/mol. The molecule has 0 aromatic rings. The summed E-state index contributed by atoms with van der Waals surface area (Å²) in [6.45, 7) is 4.36. The number of quaternary nitrogens is 1. The summed E-state index contributed by atoms with van der Waals surface area (Å²) < 4.78 is 34.3. The van der Waals surface area contributed by atoms with Crippen molar-refractivity contribution in [3.05, 3.63) is 48.6 Å². The summed E-state index contributed by atoms with van der Waals surface area (Å²) in [7, 11) is 1.45. The minimum Gasteiger partial charge on any atom is -0.462 e. The van der Waals surface area contributed by atoms with Crippen LogP contribution in [0.25, 0.3) is 0 Å². The molecule has 0 amide bonds. The molecule has 0 rings (SSSR count). The van der Waals surface area contributed by atoms with Crippen LogP contribution in [0, 0.1) is 0 Å². The molecular weight excluding hydrogens is 774 g/mol. The average molecular weight is 867 g/mol. The maximum absolute atomic E-state index is 12.7. The Morgan fingerprint density at radius 1 is 0.517 bits per heavy atom. The topological polar surface area (TPSA) is 108 Å². The summed E-state index contributed by atoms with van der Waals surface area (Å²) in [5, 5.41) is 0. The van der Waals surface area contributed by atoms with E-state index < -0.39 is 32.5 Å². The maximum atomic E-state index is 12.7. The van der Waals surface area contributed by atoms with Crippen LogP contribution in [0.5, 0.6) is 0 Å². The van der Waals surface area contributed by atoms with Gasteiger partial charge in [-0.05, 0) is 77.0 Å². The fourth-order valence-corrected chi connectivity index (χ4v) is 7.23. The Morgan fingerprint density at radius 3 is 1.42 bits per heavy atom. The largest absolute Gasteiger partial charge is 0.472 e. The van der Waals surface area contributed by atoms with E-state index in [1.165, 1.54) is 116 Å². The molecule has 350 valence electrons. The van der Waals surface area contributed by atoms with Crippen molar-refractivity contribution in [1.82, 2.24) is 0 Å². The van der Waals surface area contributed by atoms with Crippen molar-refractivity contribution in [3.63, 3.8) is 0 Å². The minimum atomic E-state index is -4.39. The van der Waals surface area contributed by atoms with Crippen LogP contribution < -0.4 is 0 Å². The summed E-state index contributed by atoms with van der Waals surface area (Å²) >= 11 is 0. The highest BCUT2D eigenvalue weighted by Gasteiger charge is 2.27. The third kappa shape index (κ3) is 45.5. The van der Waals surface area contributed by atoms with Gasteiger partial charge in [-0.25, -0.2) is 4.57 Å². The van der Waals surface area contributed by atoms with Gasteiger partial charge in [-0.3, -0.25) is 18.6 Å². The Labute approximate surface area is 369 Å². The summed E-state index contributed by atoms with van der Waals surface area (Å²) in [4.78, 5) is 35.4. The standard InChI is InChI=1S/C50H92NO8P/c1-6-8-10-12-14-16-18-20-22-23-24-25-26-27-29-31-33-35-37-39-41-43-50(53)59-48(47-58-60(54,55)57-45-44-51(3,4)5)46-56-49(52)42-40-38-36-34-32-30-28-21-19-17-15-13-11-9-7-2/h15,17,20-22,28,32,34,48H,6-14,16,18-19,23-27,29-31,33,35-47H2,1-5H3/p+1/b17-15-,22-20-,28-21-,34-32-/t48-/m1/s1. The molecule has 0 bridgehead atoms. The van der Waals surface area contributed by atoms with Crippen LogP contribution >= 0.6 is 7.82 Å². The molecule has 0 aliphatic rings. The lowest BCUT2D eigenvalue weighted by Crippen LogP contribution is -2.37. The molecule has 0 aromatic carbocycles. The van der Waals surface area contributed by atoms with Gasteiger partial charge < -0.3 is 18.9 Å². The summed E-state index contributed by atoms with van der Waals surface area (Å²) in [6, 6.07) is 0. The summed E-state index contributed by atoms with van der Waals surface area (Å²) in [5.41, 5.74) is 0. The summed E-state index contributed by atoms with van der Waals surface area (Å²) in [6.07, 6.45) is 50.2. The number of phosphoric acid groups is 1. The minimum absolute atomic E-state index is 0.0247. The lowest BCUT2D eigenvalue weighted by Gasteiger charge is -2.24. The van der Waals surface area contributed by atoms with Crippen molar-refractivity contribution in [2.45, 2.75) is 213 Å². The summed E-state index contributed by atoms with van der Waals surface area (Å²) in [5.74, 6) is -0.842. The molecule has 10 heteroatoms. The van der Waals surface area contributed by atoms with Gasteiger partial charge in [0.2, 0.25) is 0 Å². The van der Waals surface area contributed by atoms with Gasteiger partial charge in [-0.15, -0.1) is 0 Å². The van der Waals surface area contributed by atoms with E-state index in [-0.39, 0.29) is 26.1 Å². The van der Waals surface area contributed by atoms with E-state index in [1.54, 1.807) is 0 Å². The molecular formula is C50H93NO8P+. The highest BCUT2D eigenvalue weighted by Crippen LogP contribution is 2.43. The third-order valence-corrected chi connectivity index (χ3v) is 11.3. The van der Waals surface area contributed by atoms with Crippen molar-refractivity contribution in [2.75, 3.05) is 47.5 Å². The number of likely N-dealkylation sites (N-methyl/N-ethyl adjacent to an activating group) is 1. The van der Waals surface area contributed by atoms with Crippen LogP contribution in [0.1, 0.15) is 206 Å². The number of esters is 2. The third-order valence-electron chi connectivity index (χ3n) is 10.3. The molecule has 0 fully saturated rings. The lowest BCUT2D eigenvalue weighted by molar-refractivity contribution is -0.870. The van der Waals surface area contributed by atoms with Crippen molar-refractivity contribution in [3.8, 4) is 0 Å². The number of phosphoric ester groups is 1. The number of unbranched alkanes of at least 4 members (excludes halogenated alkanes) is 22. The van der Waals surface area contributed by atoms with Gasteiger partial charge in [-0.2, -0.15) is 0 Å². The predicted octanol–water partition coefficient (Wildman–Crippen LogP) is 14.2. The lowest BCUT2D eigenvalue weighted by atomic mass is 10.0. The van der Waals surface area contributed by atoms with E-state index in [9.17, 15) is 19.0 Å². The molecule has 0 radical (unpaired) electrons. The first kappa shape index (κ1) is 58.0. The Balaban J connectivity index is 4.31. The number of carbonyl (C=O) groups excluding carboxylic acids is 2. The van der Waals surface area contributed by atoms with Gasteiger partial charge in [0, 0.05) is 12.8 Å². The van der Waals surface area contributed by atoms with Crippen LogP contribution in [0.4, 0.5) is 0 Å². The second kappa shape index (κ2) is 42.3. The number of hydrogen-bond donors (Lipinski definition) is 1. The van der Waals surface area contributed by atoms with E-state index in [0.29, 0.717) is 23.9 Å². The van der Waals surface area contributed by atoms with Crippen molar-refractivity contribution in [2.24, 2.45) is 0 Å². The molecule has 1 unspecified atom stereocenters. The number of nitrogens with zero attached hydrogens (tertiary/aromatic N) is 1. The zero-order valence-electron chi connectivity index (χ0n) is 39.4. The van der Waals surface area contributed by atoms with Crippen LogP contribution in [0.15, 0.2) is 48.6 Å². The average Bonchev–Trinajstić information content (AvgIpc) is 3.20. The zero-order chi connectivity index (χ0) is 44.3. The van der Waals surface area contributed by atoms with Crippen LogP contribution in [0.2, 0.25) is 0 Å². The molecule has 0 aliphatic carbocycles. The van der Waals surface area contributed by atoms with E-state index in [0.717, 1.165) is 51.4 Å². The first-order valence-electron chi connectivity index (χ1n) is 24.4. The molecule has 2 atom stereocenters. The number of ether oxygens (including phenoxy) is 2. The number of carbonyl (C=O) groups is 2. The Bertz CT molecular complexity index is 1160. The van der Waals surface area contributed by atoms with Gasteiger partial charge in [-0.1, -0.05) is 165 Å². The second-order valence-corrected chi connectivity index (χ2v) is 18.9. The molecule has 0 heterocycles. The molecule has 1 N–H and O–H groups in total. The molecule has 0 spiro atoms. The van der Waals surface area contributed by atoms with E-state index in [4.69, 9.17) is 18.5 Å². The van der Waals surface area contributed by atoms with Crippen LogP contribution in [-0.2, 0) is 32.7 Å². The van der Waals surface area contributed by atoms with Crippen molar-refractivity contribution in [1.29, 1.82) is 0 Å². The van der Waals surface area contributed by atoms with E-state index >= 15 is 0 Å². The second-order valence-electron chi connectivity index (χ2n) is 17.5. The van der Waals surface area contributed by atoms with Crippen LogP contribution in [-0.4, -0.2) is 74.9 Å².